The minimum Gasteiger partial charge on any atom is -0.481 e. The molecule has 0 aliphatic carbocycles. The first-order valence-electron chi connectivity index (χ1n) is 4.71. The van der Waals surface area contributed by atoms with Crippen molar-refractivity contribution in [2.45, 2.75) is 13.3 Å². The first-order chi connectivity index (χ1) is 7.56. The van der Waals surface area contributed by atoms with E-state index in [0.29, 0.717) is 16.7 Å². The number of carboxylic acids is 1. The van der Waals surface area contributed by atoms with Crippen LogP contribution in [0.25, 0.3) is 11.0 Å². The molecule has 1 heterocycles. The maximum atomic E-state index is 10.6. The zero-order valence-electron chi connectivity index (χ0n) is 8.57. The second-order valence-corrected chi connectivity index (χ2v) is 3.88. The van der Waals surface area contributed by atoms with Gasteiger partial charge < -0.3 is 5.11 Å². The van der Waals surface area contributed by atoms with E-state index in [9.17, 15) is 4.79 Å². The Morgan fingerprint density at radius 1 is 1.38 bits per heavy atom. The highest BCUT2D eigenvalue weighted by molar-refractivity contribution is 6.30. The van der Waals surface area contributed by atoms with Crippen molar-refractivity contribution in [3.8, 4) is 0 Å². The molecule has 2 rings (SSSR count). The minimum atomic E-state index is -0.970. The van der Waals surface area contributed by atoms with E-state index in [1.54, 1.807) is 6.07 Å². The number of benzene rings is 1. The molecule has 0 fully saturated rings. The van der Waals surface area contributed by atoms with Gasteiger partial charge in [0.15, 0.2) is 5.15 Å². The van der Waals surface area contributed by atoms with Crippen LogP contribution in [0.1, 0.15) is 11.3 Å². The zero-order valence-corrected chi connectivity index (χ0v) is 9.32. The lowest BCUT2D eigenvalue weighted by molar-refractivity contribution is -0.136. The minimum absolute atomic E-state index is 0.153. The van der Waals surface area contributed by atoms with Gasteiger partial charge in [-0.25, -0.2) is 9.97 Å². The van der Waals surface area contributed by atoms with Crippen molar-refractivity contribution >= 4 is 28.6 Å². The molecule has 0 amide bonds. The van der Waals surface area contributed by atoms with Gasteiger partial charge in [-0.2, -0.15) is 0 Å². The Bertz CT molecular complexity index is 569. The molecule has 0 atom stereocenters. The number of carbonyl (C=O) groups is 1. The molecule has 1 aromatic carbocycles. The highest BCUT2D eigenvalue weighted by Gasteiger charge is 2.10. The lowest BCUT2D eigenvalue weighted by Gasteiger charge is -2.03. The second kappa shape index (κ2) is 4.06. The molecule has 0 unspecified atom stereocenters. The quantitative estimate of drug-likeness (QED) is 0.869. The summed E-state index contributed by atoms with van der Waals surface area (Å²) >= 11 is 5.86. The molecule has 2 aromatic rings. The van der Waals surface area contributed by atoms with Gasteiger partial charge in [0.25, 0.3) is 0 Å². The van der Waals surface area contributed by atoms with Crippen LogP contribution in [0.5, 0.6) is 0 Å². The maximum absolute atomic E-state index is 10.6. The van der Waals surface area contributed by atoms with Crippen LogP contribution in [-0.2, 0) is 11.2 Å². The number of nitrogens with zero attached hydrogens (tertiary/aromatic N) is 2. The van der Waals surface area contributed by atoms with Crippen LogP contribution in [0.2, 0.25) is 5.15 Å². The molecular formula is C11H9ClN2O2. The molecule has 0 radical (unpaired) electrons. The third kappa shape index (κ3) is 2.12. The van der Waals surface area contributed by atoms with Crippen LogP contribution in [0, 0.1) is 6.92 Å². The molecule has 1 aromatic heterocycles. The number of aromatic nitrogens is 2. The van der Waals surface area contributed by atoms with E-state index in [1.807, 2.05) is 19.1 Å². The summed E-state index contributed by atoms with van der Waals surface area (Å²) in [5.74, 6) is -0.970. The molecule has 5 heteroatoms. The van der Waals surface area contributed by atoms with Gasteiger partial charge in [0, 0.05) is 0 Å². The predicted octanol–water partition coefficient (Wildman–Crippen LogP) is 2.22. The number of hydrogen-bond acceptors (Lipinski definition) is 3. The summed E-state index contributed by atoms with van der Waals surface area (Å²) < 4.78 is 0. The van der Waals surface area contributed by atoms with E-state index in [4.69, 9.17) is 16.7 Å². The molecule has 0 saturated heterocycles. The molecule has 0 bridgehead atoms. The van der Waals surface area contributed by atoms with E-state index < -0.39 is 5.97 Å². The van der Waals surface area contributed by atoms with Crippen molar-refractivity contribution in [2.75, 3.05) is 0 Å². The smallest absolute Gasteiger partial charge is 0.309 e. The van der Waals surface area contributed by atoms with Crippen LogP contribution in [0.4, 0.5) is 0 Å². The van der Waals surface area contributed by atoms with Gasteiger partial charge in [0.2, 0.25) is 0 Å². The Balaban J connectivity index is 2.58. The van der Waals surface area contributed by atoms with Gasteiger partial charge >= 0.3 is 5.97 Å². The normalized spacial score (nSPS) is 10.6. The first-order valence-corrected chi connectivity index (χ1v) is 5.08. The van der Waals surface area contributed by atoms with Crippen molar-refractivity contribution in [3.05, 3.63) is 34.6 Å². The molecule has 82 valence electrons. The van der Waals surface area contributed by atoms with Crippen LogP contribution in [-0.4, -0.2) is 21.0 Å². The van der Waals surface area contributed by atoms with Gasteiger partial charge in [-0.1, -0.05) is 17.7 Å². The summed E-state index contributed by atoms with van der Waals surface area (Å²) in [4.78, 5) is 18.9. The van der Waals surface area contributed by atoms with Gasteiger partial charge in [0.05, 0.1) is 23.1 Å². The largest absolute Gasteiger partial charge is 0.481 e. The molecule has 0 saturated carbocycles. The fraction of sp³-hybridized carbons (Fsp3) is 0.182. The number of aryl methyl sites for hydroxylation is 1. The standard InChI is InChI=1S/C11H9ClN2O2/c1-6-2-3-7-8(4-6)14-11(12)9(13-7)5-10(15)16/h2-4H,5H2,1H3,(H,15,16). The summed E-state index contributed by atoms with van der Waals surface area (Å²) in [7, 11) is 0. The van der Waals surface area contributed by atoms with Crippen LogP contribution in [0.15, 0.2) is 18.2 Å². The first kappa shape index (κ1) is 10.8. The molecule has 16 heavy (non-hydrogen) atoms. The third-order valence-electron chi connectivity index (χ3n) is 2.16. The zero-order chi connectivity index (χ0) is 11.7. The van der Waals surface area contributed by atoms with Crippen LogP contribution < -0.4 is 0 Å². The Kier molecular flexibility index (Phi) is 2.75. The SMILES string of the molecule is Cc1ccc2nc(CC(=O)O)c(Cl)nc2c1. The number of carboxylic acid groups (broad SMARTS) is 1. The van der Waals surface area contributed by atoms with E-state index in [0.717, 1.165) is 5.56 Å². The predicted molar refractivity (Wildman–Crippen MR) is 60.6 cm³/mol. The van der Waals surface area contributed by atoms with Gasteiger partial charge in [0.1, 0.15) is 0 Å². The van der Waals surface area contributed by atoms with Gasteiger partial charge in [-0.05, 0) is 24.6 Å². The highest BCUT2D eigenvalue weighted by Crippen LogP contribution is 2.18. The van der Waals surface area contributed by atoms with Crippen LogP contribution >= 0.6 is 11.6 Å². The van der Waals surface area contributed by atoms with Gasteiger partial charge in [-0.3, -0.25) is 4.79 Å². The maximum Gasteiger partial charge on any atom is 0.309 e. The van der Waals surface area contributed by atoms with E-state index in [-0.39, 0.29) is 11.6 Å². The molecular weight excluding hydrogens is 228 g/mol. The lowest BCUT2D eigenvalue weighted by atomic mass is 10.2. The van der Waals surface area contributed by atoms with Crippen molar-refractivity contribution in [3.63, 3.8) is 0 Å². The molecule has 0 aliphatic rings. The average Bonchev–Trinajstić information content (AvgIpc) is 2.19. The number of halogens is 1. The monoisotopic (exact) mass is 236 g/mol. The average molecular weight is 237 g/mol. The summed E-state index contributed by atoms with van der Waals surface area (Å²) in [6.07, 6.45) is -0.213. The van der Waals surface area contributed by atoms with E-state index in [2.05, 4.69) is 9.97 Å². The number of rotatable bonds is 2. The lowest BCUT2D eigenvalue weighted by Crippen LogP contribution is -2.04. The Labute approximate surface area is 96.9 Å². The van der Waals surface area contributed by atoms with Crippen molar-refractivity contribution in [1.29, 1.82) is 0 Å². The second-order valence-electron chi connectivity index (χ2n) is 3.52. The van der Waals surface area contributed by atoms with Crippen molar-refractivity contribution < 1.29 is 9.90 Å². The Hall–Kier alpha value is -1.68. The van der Waals surface area contributed by atoms with Crippen molar-refractivity contribution in [1.82, 2.24) is 9.97 Å². The van der Waals surface area contributed by atoms with E-state index >= 15 is 0 Å². The van der Waals surface area contributed by atoms with E-state index in [1.165, 1.54) is 0 Å². The van der Waals surface area contributed by atoms with Crippen LogP contribution in [0.3, 0.4) is 0 Å². The summed E-state index contributed by atoms with van der Waals surface area (Å²) in [5, 5.41) is 8.83. The molecule has 0 aliphatic heterocycles. The third-order valence-corrected chi connectivity index (χ3v) is 2.46. The fourth-order valence-corrected chi connectivity index (χ4v) is 1.64. The molecule has 0 spiro atoms. The fourth-order valence-electron chi connectivity index (χ4n) is 1.44. The summed E-state index contributed by atoms with van der Waals surface area (Å²) in [6.45, 7) is 1.94. The number of aliphatic carboxylic acids is 1. The van der Waals surface area contributed by atoms with Gasteiger partial charge in [-0.15, -0.1) is 0 Å². The summed E-state index contributed by atoms with van der Waals surface area (Å²) in [6, 6.07) is 5.56. The number of hydrogen-bond donors (Lipinski definition) is 1. The molecule has 1 N–H and O–H groups in total. The summed E-state index contributed by atoms with van der Waals surface area (Å²) in [5.41, 5.74) is 2.69. The number of fused-ring (bicyclic) bond motifs is 1. The Morgan fingerprint density at radius 2 is 2.12 bits per heavy atom. The Morgan fingerprint density at radius 3 is 2.81 bits per heavy atom. The van der Waals surface area contributed by atoms with Crippen molar-refractivity contribution in [2.24, 2.45) is 0 Å². The topological polar surface area (TPSA) is 63.1 Å². The highest BCUT2D eigenvalue weighted by atomic mass is 35.5. The molecule has 4 nitrogen and oxygen atoms in total.